The molecule has 0 atom stereocenters. The molecule has 0 saturated carbocycles. The van der Waals surface area contributed by atoms with E-state index in [4.69, 9.17) is 0 Å². The molecule has 0 fully saturated rings. The van der Waals surface area contributed by atoms with Gasteiger partial charge in [-0.25, -0.2) is 0 Å². The Labute approximate surface area is 109 Å². The maximum Gasteiger partial charge on any atom is 0.126 e. The van der Waals surface area contributed by atoms with Crippen LogP contribution in [0.15, 0.2) is 42.5 Å². The predicted molar refractivity (Wildman–Crippen MR) is 77.0 cm³/mol. The quantitative estimate of drug-likeness (QED) is 0.768. The highest BCUT2D eigenvalue weighted by Gasteiger charge is 2.17. The molecule has 0 spiro atoms. The van der Waals surface area contributed by atoms with Gasteiger partial charge in [0.25, 0.3) is 0 Å². The third-order valence-corrected chi connectivity index (χ3v) is 3.25. The summed E-state index contributed by atoms with van der Waals surface area (Å²) in [7, 11) is 0. The molecule has 0 heterocycles. The van der Waals surface area contributed by atoms with Crippen molar-refractivity contribution >= 4 is 0 Å². The van der Waals surface area contributed by atoms with Crippen LogP contribution in [0.3, 0.4) is 0 Å². The summed E-state index contributed by atoms with van der Waals surface area (Å²) in [5, 5.41) is 10.2. The van der Waals surface area contributed by atoms with E-state index in [-0.39, 0.29) is 5.41 Å². The molecule has 1 N–H and O–H groups in total. The van der Waals surface area contributed by atoms with Gasteiger partial charge in [0.05, 0.1) is 0 Å². The highest BCUT2D eigenvalue weighted by molar-refractivity contribution is 5.72. The average Bonchev–Trinajstić information content (AvgIpc) is 2.32. The van der Waals surface area contributed by atoms with E-state index in [1.54, 1.807) is 0 Å². The molecule has 18 heavy (non-hydrogen) atoms. The molecule has 0 amide bonds. The number of aromatic hydroxyl groups is 1. The molecule has 2 rings (SSSR count). The second-order valence-electron chi connectivity index (χ2n) is 5.81. The summed E-state index contributed by atoms with van der Waals surface area (Å²) < 4.78 is 0. The normalized spacial score (nSPS) is 11.6. The molecular weight excluding hydrogens is 220 g/mol. The molecule has 0 aromatic heterocycles. The molecule has 0 aliphatic rings. The largest absolute Gasteiger partial charge is 0.507 e. The molecule has 0 aliphatic heterocycles. The molecule has 1 heteroatoms. The van der Waals surface area contributed by atoms with E-state index in [1.807, 2.05) is 37.3 Å². The van der Waals surface area contributed by atoms with E-state index in [9.17, 15) is 5.11 Å². The molecular formula is C17H20O. The zero-order valence-corrected chi connectivity index (χ0v) is 11.5. The number of aryl methyl sites for hydroxylation is 1. The molecule has 0 aliphatic carbocycles. The Kier molecular flexibility index (Phi) is 3.16. The van der Waals surface area contributed by atoms with Gasteiger partial charge in [0.1, 0.15) is 5.75 Å². The lowest BCUT2D eigenvalue weighted by atomic mass is 9.84. The van der Waals surface area contributed by atoms with Crippen LogP contribution in [0.5, 0.6) is 5.75 Å². The first-order chi connectivity index (χ1) is 8.39. The molecule has 0 radical (unpaired) electrons. The molecule has 2 aromatic carbocycles. The minimum absolute atomic E-state index is 0.0853. The van der Waals surface area contributed by atoms with Gasteiger partial charge >= 0.3 is 0 Å². The second kappa shape index (κ2) is 4.49. The number of hydrogen-bond acceptors (Lipinski definition) is 1. The SMILES string of the molecule is Cc1cc(C(C)(C)C)cc(-c2ccccc2)c1O. The summed E-state index contributed by atoms with van der Waals surface area (Å²) in [4.78, 5) is 0. The summed E-state index contributed by atoms with van der Waals surface area (Å²) in [5.41, 5.74) is 4.24. The first kappa shape index (κ1) is 12.7. The van der Waals surface area contributed by atoms with Crippen molar-refractivity contribution in [3.63, 3.8) is 0 Å². The average molecular weight is 240 g/mol. The van der Waals surface area contributed by atoms with Crippen molar-refractivity contribution < 1.29 is 5.11 Å². The van der Waals surface area contributed by atoms with Crippen LogP contribution in [0.1, 0.15) is 31.9 Å². The third-order valence-electron chi connectivity index (χ3n) is 3.25. The first-order valence-electron chi connectivity index (χ1n) is 6.29. The summed E-state index contributed by atoms with van der Waals surface area (Å²) >= 11 is 0. The van der Waals surface area contributed by atoms with Gasteiger partial charge in [0.2, 0.25) is 0 Å². The number of benzene rings is 2. The van der Waals surface area contributed by atoms with Crippen molar-refractivity contribution in [3.05, 3.63) is 53.6 Å². The third kappa shape index (κ3) is 2.40. The van der Waals surface area contributed by atoms with Gasteiger partial charge in [0.15, 0.2) is 0 Å². The van der Waals surface area contributed by atoms with Crippen LogP contribution in [0.2, 0.25) is 0 Å². The summed E-state index contributed by atoms with van der Waals surface area (Å²) in [6.07, 6.45) is 0. The lowest BCUT2D eigenvalue weighted by Crippen LogP contribution is -2.11. The Morgan fingerprint density at radius 2 is 1.56 bits per heavy atom. The standard InChI is InChI=1S/C17H20O/c1-12-10-14(17(2,3)4)11-15(16(12)18)13-8-6-5-7-9-13/h5-11,18H,1-4H3. The number of phenols is 1. The lowest BCUT2D eigenvalue weighted by Gasteiger charge is -2.21. The van der Waals surface area contributed by atoms with E-state index in [0.717, 1.165) is 16.7 Å². The summed E-state index contributed by atoms with van der Waals surface area (Å²) in [6, 6.07) is 14.2. The van der Waals surface area contributed by atoms with Crippen LogP contribution in [-0.2, 0) is 5.41 Å². The van der Waals surface area contributed by atoms with E-state index in [0.29, 0.717) is 5.75 Å². The molecule has 0 bridgehead atoms. The maximum absolute atomic E-state index is 10.2. The van der Waals surface area contributed by atoms with Crippen molar-refractivity contribution in [2.24, 2.45) is 0 Å². The zero-order chi connectivity index (χ0) is 13.3. The number of hydrogen-bond donors (Lipinski definition) is 1. The van der Waals surface area contributed by atoms with Gasteiger partial charge in [-0.15, -0.1) is 0 Å². The minimum atomic E-state index is 0.0853. The van der Waals surface area contributed by atoms with Crippen LogP contribution in [0.25, 0.3) is 11.1 Å². The summed E-state index contributed by atoms with van der Waals surface area (Å²) in [6.45, 7) is 8.52. The number of rotatable bonds is 1. The molecule has 2 aromatic rings. The summed E-state index contributed by atoms with van der Waals surface area (Å²) in [5.74, 6) is 0.384. The fourth-order valence-electron chi connectivity index (χ4n) is 2.05. The highest BCUT2D eigenvalue weighted by Crippen LogP contribution is 2.36. The van der Waals surface area contributed by atoms with Crippen LogP contribution < -0.4 is 0 Å². The Morgan fingerprint density at radius 1 is 0.944 bits per heavy atom. The van der Waals surface area contributed by atoms with Gasteiger partial charge in [-0.05, 0) is 35.1 Å². The van der Waals surface area contributed by atoms with Crippen molar-refractivity contribution in [3.8, 4) is 16.9 Å². The Bertz CT molecular complexity index is 548. The van der Waals surface area contributed by atoms with Crippen molar-refractivity contribution in [1.29, 1.82) is 0 Å². The Balaban J connectivity index is 2.64. The van der Waals surface area contributed by atoms with E-state index >= 15 is 0 Å². The zero-order valence-electron chi connectivity index (χ0n) is 11.5. The van der Waals surface area contributed by atoms with Gasteiger partial charge < -0.3 is 5.11 Å². The topological polar surface area (TPSA) is 20.2 Å². The highest BCUT2D eigenvalue weighted by atomic mass is 16.3. The van der Waals surface area contributed by atoms with Gasteiger partial charge in [0, 0.05) is 5.56 Å². The van der Waals surface area contributed by atoms with E-state index in [2.05, 4.69) is 32.9 Å². The van der Waals surface area contributed by atoms with Gasteiger partial charge in [-0.3, -0.25) is 0 Å². The Hall–Kier alpha value is -1.76. The van der Waals surface area contributed by atoms with E-state index < -0.39 is 0 Å². The smallest absolute Gasteiger partial charge is 0.126 e. The lowest BCUT2D eigenvalue weighted by molar-refractivity contribution is 0.472. The van der Waals surface area contributed by atoms with Crippen LogP contribution in [0, 0.1) is 6.92 Å². The van der Waals surface area contributed by atoms with Gasteiger partial charge in [-0.2, -0.15) is 0 Å². The minimum Gasteiger partial charge on any atom is -0.507 e. The van der Waals surface area contributed by atoms with Crippen LogP contribution >= 0.6 is 0 Å². The maximum atomic E-state index is 10.2. The molecule has 94 valence electrons. The van der Waals surface area contributed by atoms with Gasteiger partial charge in [-0.1, -0.05) is 57.2 Å². The fourth-order valence-corrected chi connectivity index (χ4v) is 2.05. The molecule has 0 saturated heterocycles. The van der Waals surface area contributed by atoms with E-state index in [1.165, 1.54) is 5.56 Å². The second-order valence-corrected chi connectivity index (χ2v) is 5.81. The first-order valence-corrected chi connectivity index (χ1v) is 6.29. The monoisotopic (exact) mass is 240 g/mol. The van der Waals surface area contributed by atoms with Crippen molar-refractivity contribution in [2.45, 2.75) is 33.1 Å². The molecule has 1 nitrogen and oxygen atoms in total. The predicted octanol–water partition coefficient (Wildman–Crippen LogP) is 4.67. The van der Waals surface area contributed by atoms with Crippen LogP contribution in [-0.4, -0.2) is 5.11 Å². The molecule has 0 unspecified atom stereocenters. The van der Waals surface area contributed by atoms with Crippen molar-refractivity contribution in [2.75, 3.05) is 0 Å². The Morgan fingerprint density at radius 3 is 2.11 bits per heavy atom. The van der Waals surface area contributed by atoms with Crippen molar-refractivity contribution in [1.82, 2.24) is 0 Å². The fraction of sp³-hybridized carbons (Fsp3) is 0.294. The number of phenolic OH excluding ortho intramolecular Hbond substituents is 1. The van der Waals surface area contributed by atoms with Crippen LogP contribution in [0.4, 0.5) is 0 Å².